The number of hydrogen-bond acceptors (Lipinski definition) is 2. The zero-order chi connectivity index (χ0) is 11.2. The van der Waals surface area contributed by atoms with Crippen molar-refractivity contribution in [1.82, 2.24) is 10.6 Å². The van der Waals surface area contributed by atoms with Crippen LogP contribution in [-0.4, -0.2) is 47.8 Å². The van der Waals surface area contributed by atoms with Gasteiger partial charge in [-0.1, -0.05) is 0 Å². The number of rotatable bonds is 5. The Kier molecular flexibility index (Phi) is 9.52. The summed E-state index contributed by atoms with van der Waals surface area (Å²) in [6.45, 7) is 15.5. The molecule has 0 aromatic heterocycles. The van der Waals surface area contributed by atoms with Crippen LogP contribution in [0.3, 0.4) is 0 Å². The summed E-state index contributed by atoms with van der Waals surface area (Å²) in [6.07, 6.45) is 2.50. The number of hydrogen-bond donors (Lipinski definition) is 2. The molecule has 0 spiro atoms. The Morgan fingerprint density at radius 2 is 0.933 bits per heavy atom. The molecule has 0 atom stereocenters. The van der Waals surface area contributed by atoms with Crippen LogP contribution in [-0.2, 0) is 0 Å². The third kappa shape index (κ3) is 17.3. The Morgan fingerprint density at radius 1 is 0.667 bits per heavy atom. The van der Waals surface area contributed by atoms with Gasteiger partial charge in [0.2, 0.25) is 0 Å². The Hall–Kier alpha value is 0.710. The van der Waals surface area contributed by atoms with Crippen molar-refractivity contribution in [2.75, 3.05) is 13.1 Å². The Labute approximate surface area is 113 Å². The summed E-state index contributed by atoms with van der Waals surface area (Å²) in [5.41, 5.74) is 0.523. The van der Waals surface area contributed by atoms with Crippen LogP contribution in [0.5, 0.6) is 0 Å². The van der Waals surface area contributed by atoms with E-state index in [1.54, 1.807) is 0 Å². The second-order valence-corrected chi connectivity index (χ2v) is 6.06. The second-order valence-electron chi connectivity index (χ2n) is 6.06. The molecular formula is C12H30N2Te. The molecule has 0 aromatic rings. The van der Waals surface area contributed by atoms with Gasteiger partial charge in [0, 0.05) is 11.1 Å². The molecule has 0 saturated heterocycles. The summed E-state index contributed by atoms with van der Waals surface area (Å²) < 4.78 is 0. The first kappa shape index (κ1) is 18.1. The van der Waals surface area contributed by atoms with Crippen molar-refractivity contribution < 1.29 is 0 Å². The van der Waals surface area contributed by atoms with Gasteiger partial charge in [0.1, 0.15) is 0 Å². The van der Waals surface area contributed by atoms with Crippen LogP contribution in [0.25, 0.3) is 0 Å². The molecule has 0 fully saturated rings. The first-order valence-electron chi connectivity index (χ1n) is 5.71. The van der Waals surface area contributed by atoms with Crippen LogP contribution in [0.4, 0.5) is 0 Å². The molecule has 3 heteroatoms. The van der Waals surface area contributed by atoms with E-state index in [-0.39, 0.29) is 34.7 Å². The monoisotopic (exact) mass is 332 g/mol. The van der Waals surface area contributed by atoms with E-state index in [1.807, 2.05) is 0 Å². The zero-order valence-electron chi connectivity index (χ0n) is 11.3. The molecule has 0 aliphatic heterocycles. The third-order valence-corrected chi connectivity index (χ3v) is 1.91. The fourth-order valence-corrected chi connectivity index (χ4v) is 1.18. The van der Waals surface area contributed by atoms with Crippen LogP contribution < -0.4 is 10.6 Å². The van der Waals surface area contributed by atoms with Gasteiger partial charge in [0.25, 0.3) is 0 Å². The third-order valence-electron chi connectivity index (χ3n) is 1.91. The van der Waals surface area contributed by atoms with Gasteiger partial charge in [0.15, 0.2) is 0 Å². The summed E-state index contributed by atoms with van der Waals surface area (Å²) in [5, 5.41) is 6.98. The van der Waals surface area contributed by atoms with Crippen molar-refractivity contribution in [3.8, 4) is 0 Å². The van der Waals surface area contributed by atoms with Gasteiger partial charge in [-0.3, -0.25) is 0 Å². The average Bonchev–Trinajstić information content (AvgIpc) is 1.92. The van der Waals surface area contributed by atoms with E-state index in [1.165, 1.54) is 12.8 Å². The first-order valence-corrected chi connectivity index (χ1v) is 5.71. The molecule has 0 aromatic carbocycles. The Bertz CT molecular complexity index is 127. The fourth-order valence-electron chi connectivity index (χ4n) is 1.18. The van der Waals surface area contributed by atoms with Gasteiger partial charge in [-0.05, 0) is 67.5 Å². The maximum absolute atomic E-state index is 3.49. The van der Waals surface area contributed by atoms with Crippen LogP contribution in [0, 0.1) is 0 Å². The maximum atomic E-state index is 3.49. The quantitative estimate of drug-likeness (QED) is 0.592. The van der Waals surface area contributed by atoms with Gasteiger partial charge in [0.05, 0.1) is 0 Å². The van der Waals surface area contributed by atoms with Crippen LogP contribution in [0.15, 0.2) is 0 Å². The first-order chi connectivity index (χ1) is 6.21. The fraction of sp³-hybridized carbons (Fsp3) is 1.00. The van der Waals surface area contributed by atoms with Gasteiger partial charge < -0.3 is 10.6 Å². The van der Waals surface area contributed by atoms with Crippen LogP contribution in [0.1, 0.15) is 54.4 Å². The van der Waals surface area contributed by atoms with E-state index in [4.69, 9.17) is 0 Å². The van der Waals surface area contributed by atoms with Crippen molar-refractivity contribution in [2.45, 2.75) is 65.5 Å². The summed E-state index contributed by atoms with van der Waals surface area (Å²) in [7, 11) is 0. The minimum absolute atomic E-state index is 0. The molecule has 15 heavy (non-hydrogen) atoms. The number of nitrogens with one attached hydrogen (secondary N) is 2. The predicted octanol–water partition coefficient (Wildman–Crippen LogP) is 1.63. The number of unbranched alkanes of at least 4 members (excludes halogenated alkanes) is 1. The molecule has 0 unspecified atom stereocenters. The second kappa shape index (κ2) is 7.90. The average molecular weight is 330 g/mol. The van der Waals surface area contributed by atoms with Crippen molar-refractivity contribution in [1.29, 1.82) is 0 Å². The van der Waals surface area contributed by atoms with E-state index >= 15 is 0 Å². The normalized spacial score (nSPS) is 12.4. The summed E-state index contributed by atoms with van der Waals surface area (Å²) in [5.74, 6) is 0. The van der Waals surface area contributed by atoms with Crippen molar-refractivity contribution in [2.24, 2.45) is 0 Å². The van der Waals surface area contributed by atoms with Gasteiger partial charge in [-0.2, -0.15) is 0 Å². The molecule has 0 bridgehead atoms. The van der Waals surface area contributed by atoms with Crippen molar-refractivity contribution in [3.05, 3.63) is 0 Å². The summed E-state index contributed by atoms with van der Waals surface area (Å²) in [4.78, 5) is 0. The van der Waals surface area contributed by atoms with Crippen LogP contribution in [0.2, 0.25) is 0 Å². The molecule has 0 saturated carbocycles. The van der Waals surface area contributed by atoms with Gasteiger partial charge in [-0.15, -0.1) is 0 Å². The van der Waals surface area contributed by atoms with E-state index in [0.29, 0.717) is 0 Å². The minimum atomic E-state index is 0. The Balaban J connectivity index is 0. The SMILES string of the molecule is CC(C)(C)NCCCCNC(C)(C)C.[TeH2]. The van der Waals surface area contributed by atoms with E-state index < -0.39 is 0 Å². The van der Waals surface area contributed by atoms with Crippen LogP contribution >= 0.6 is 0 Å². The molecule has 2 N–H and O–H groups in total. The molecule has 0 rings (SSSR count). The topological polar surface area (TPSA) is 24.1 Å². The molecule has 0 radical (unpaired) electrons. The standard InChI is InChI=1S/C12H28N2.H2Te/c1-11(2,3)13-9-7-8-10-14-12(4,5)6;/h13-14H,7-10H2,1-6H3;1H2. The molecule has 0 aliphatic rings. The van der Waals surface area contributed by atoms with Gasteiger partial charge in [-0.25, -0.2) is 0 Å². The predicted molar refractivity (Wildman–Crippen MR) is 73.3 cm³/mol. The molecule has 2 nitrogen and oxygen atoms in total. The molecule has 94 valence electrons. The molecule has 0 aliphatic carbocycles. The molecule has 0 heterocycles. The van der Waals surface area contributed by atoms with E-state index in [0.717, 1.165) is 13.1 Å². The Morgan fingerprint density at radius 3 is 1.13 bits per heavy atom. The van der Waals surface area contributed by atoms with Crippen molar-refractivity contribution in [3.63, 3.8) is 0 Å². The van der Waals surface area contributed by atoms with Gasteiger partial charge >= 0.3 is 23.7 Å². The van der Waals surface area contributed by atoms with Crippen molar-refractivity contribution >= 4 is 23.7 Å². The molecular weight excluding hydrogens is 300 g/mol. The summed E-state index contributed by atoms with van der Waals surface area (Å²) in [6, 6.07) is 0. The summed E-state index contributed by atoms with van der Waals surface area (Å²) >= 11 is 0. The molecule has 0 amide bonds. The zero-order valence-corrected chi connectivity index (χ0v) is 14.2. The van der Waals surface area contributed by atoms with E-state index in [9.17, 15) is 0 Å². The van der Waals surface area contributed by atoms with E-state index in [2.05, 4.69) is 52.2 Å².